The van der Waals surface area contributed by atoms with Crippen LogP contribution in [0.3, 0.4) is 0 Å². The van der Waals surface area contributed by atoms with Crippen molar-refractivity contribution >= 4 is 16.3 Å². The highest BCUT2D eigenvalue weighted by molar-refractivity contribution is 8.46. The van der Waals surface area contributed by atoms with Crippen molar-refractivity contribution in [1.82, 2.24) is 0 Å². The third-order valence-electron chi connectivity index (χ3n) is 0.386. The fraction of sp³-hybridized carbons (Fsp3) is 0.500. The second-order valence-corrected chi connectivity index (χ2v) is 4.17. The lowest BCUT2D eigenvalue weighted by Crippen LogP contribution is -2.16. The number of rotatable bonds is 2. The van der Waals surface area contributed by atoms with Gasteiger partial charge in [0.15, 0.2) is 5.75 Å². The Bertz CT molecular complexity index is 163. The lowest BCUT2D eigenvalue weighted by Gasteiger charge is -2.38. The molecule has 0 aliphatic rings. The Balaban J connectivity index is 4.59. The Labute approximate surface area is 51.7 Å². The molecule has 0 saturated heterocycles. The van der Waals surface area contributed by atoms with Gasteiger partial charge in [-0.15, -0.1) is 0 Å². The summed E-state index contributed by atoms with van der Waals surface area (Å²) in [7, 11) is -9.83. The summed E-state index contributed by atoms with van der Waals surface area (Å²) in [5, 5.41) is 0. The van der Waals surface area contributed by atoms with Crippen LogP contribution in [0.1, 0.15) is 0 Å². The van der Waals surface area contributed by atoms with E-state index in [1.165, 1.54) is 0 Å². The van der Waals surface area contributed by atoms with E-state index < -0.39 is 22.0 Å². The first-order valence-corrected chi connectivity index (χ1v) is 3.93. The molecule has 0 bridgehead atoms. The maximum atomic E-state index is 11.0. The molecule has 64 valence electrons. The maximum absolute atomic E-state index is 11.0. The van der Waals surface area contributed by atoms with E-state index in [4.69, 9.17) is 4.79 Å². The van der Waals surface area contributed by atoms with E-state index in [9.17, 15) is 23.8 Å². The summed E-state index contributed by atoms with van der Waals surface area (Å²) in [5.74, 6) is -3.26. The SMILES string of the molecule is O=C(F)CS(F)(F)(F)(F)F. The number of carbonyl (C=O) groups is 1. The predicted octanol–water partition coefficient (Wildman–Crippen LogP) is 2.78. The van der Waals surface area contributed by atoms with Gasteiger partial charge in [0.25, 0.3) is 10.2 Å². The van der Waals surface area contributed by atoms with E-state index in [-0.39, 0.29) is 0 Å². The highest BCUT2D eigenvalue weighted by Crippen LogP contribution is 2.97. The van der Waals surface area contributed by atoms with Crippen molar-refractivity contribution in [2.24, 2.45) is 0 Å². The van der Waals surface area contributed by atoms with E-state index in [0.29, 0.717) is 0 Å². The molecule has 0 spiro atoms. The van der Waals surface area contributed by atoms with Gasteiger partial charge in [-0.05, 0) is 0 Å². The molecule has 8 heteroatoms. The van der Waals surface area contributed by atoms with Crippen LogP contribution in [0, 0.1) is 0 Å². The number of hydrogen-bond acceptors (Lipinski definition) is 1. The van der Waals surface area contributed by atoms with Crippen molar-refractivity contribution in [2.45, 2.75) is 0 Å². The van der Waals surface area contributed by atoms with Crippen LogP contribution in [-0.4, -0.2) is 11.8 Å². The quantitative estimate of drug-likeness (QED) is 0.481. The largest absolute Gasteiger partial charge is 0.320 e. The van der Waals surface area contributed by atoms with Crippen molar-refractivity contribution in [2.75, 3.05) is 5.75 Å². The molecule has 10 heavy (non-hydrogen) atoms. The number of carbonyl (C=O) groups excluding carboxylic acids is 1. The monoisotopic (exact) mass is 188 g/mol. The summed E-state index contributed by atoms with van der Waals surface area (Å²) in [6.45, 7) is 0. The Morgan fingerprint density at radius 2 is 1.40 bits per heavy atom. The van der Waals surface area contributed by atoms with Gasteiger partial charge in [-0.2, -0.15) is 4.39 Å². The highest BCUT2D eigenvalue weighted by atomic mass is 32.5. The second kappa shape index (κ2) is 1.44. The lowest BCUT2D eigenvalue weighted by atomic mass is 10.9. The first-order valence-electron chi connectivity index (χ1n) is 1.81. The lowest BCUT2D eigenvalue weighted by molar-refractivity contribution is -0.126. The van der Waals surface area contributed by atoms with Gasteiger partial charge in [0.1, 0.15) is 0 Å². The van der Waals surface area contributed by atoms with Gasteiger partial charge in [-0.1, -0.05) is 19.4 Å². The zero-order valence-corrected chi connectivity index (χ0v) is 5.11. The summed E-state index contributed by atoms with van der Waals surface area (Å²) in [6.07, 6.45) is 0. The highest BCUT2D eigenvalue weighted by Gasteiger charge is 2.65. The molecule has 0 fully saturated rings. The summed E-state index contributed by atoms with van der Waals surface area (Å²) < 4.78 is 65.9. The van der Waals surface area contributed by atoms with E-state index in [1.54, 1.807) is 0 Å². The van der Waals surface area contributed by atoms with Crippen LogP contribution in [0.4, 0.5) is 23.8 Å². The first kappa shape index (κ1) is 9.60. The fourth-order valence-electron chi connectivity index (χ4n) is 0.214. The van der Waals surface area contributed by atoms with Crippen LogP contribution in [0.2, 0.25) is 0 Å². The van der Waals surface area contributed by atoms with Gasteiger partial charge >= 0.3 is 6.04 Å². The Morgan fingerprint density at radius 3 is 1.40 bits per heavy atom. The van der Waals surface area contributed by atoms with Gasteiger partial charge < -0.3 is 0 Å². The molecule has 0 aliphatic carbocycles. The molecule has 0 heterocycles. The van der Waals surface area contributed by atoms with Crippen molar-refractivity contribution in [3.63, 3.8) is 0 Å². The predicted molar refractivity (Wildman–Crippen MR) is 24.1 cm³/mol. The van der Waals surface area contributed by atoms with Gasteiger partial charge in [0.05, 0.1) is 0 Å². The summed E-state index contributed by atoms with van der Waals surface area (Å²) >= 11 is 0. The van der Waals surface area contributed by atoms with Crippen molar-refractivity contribution in [1.29, 1.82) is 0 Å². The molecule has 0 aromatic rings. The zero-order valence-electron chi connectivity index (χ0n) is 4.29. The van der Waals surface area contributed by atoms with E-state index in [1.807, 2.05) is 0 Å². The molecule has 0 unspecified atom stereocenters. The van der Waals surface area contributed by atoms with Gasteiger partial charge in [-0.25, -0.2) is 0 Å². The molecule has 0 rings (SSSR count). The topological polar surface area (TPSA) is 17.1 Å². The van der Waals surface area contributed by atoms with Gasteiger partial charge in [0.2, 0.25) is 0 Å². The molecular weight excluding hydrogens is 186 g/mol. The third-order valence-corrected chi connectivity index (χ3v) is 1.16. The Hall–Kier alpha value is -0.400. The number of halogens is 6. The molecule has 0 N–H and O–H groups in total. The van der Waals surface area contributed by atoms with Crippen molar-refractivity contribution < 1.29 is 28.6 Å². The molecule has 0 radical (unpaired) electrons. The maximum Gasteiger partial charge on any atom is 0.320 e. The molecule has 0 aliphatic heterocycles. The Morgan fingerprint density at radius 1 is 1.10 bits per heavy atom. The minimum Gasteiger partial charge on any atom is -0.260 e. The van der Waals surface area contributed by atoms with E-state index >= 15 is 0 Å². The fourth-order valence-corrected chi connectivity index (χ4v) is 0.643. The Kier molecular flexibility index (Phi) is 1.38. The normalized spacial score (nSPS) is 19.4. The second-order valence-electron chi connectivity index (χ2n) is 1.63. The van der Waals surface area contributed by atoms with Crippen LogP contribution in [0.5, 0.6) is 0 Å². The smallest absolute Gasteiger partial charge is 0.260 e. The minimum atomic E-state index is -9.83. The third kappa shape index (κ3) is 7.60. The average Bonchev–Trinajstić information content (AvgIpc) is 1.12. The standard InChI is InChI=1S/C2H2F6OS/c3-2(9)1-10(4,5,6,7)8/h1H2. The summed E-state index contributed by atoms with van der Waals surface area (Å²) in [5.41, 5.74) is 0. The molecule has 0 aromatic heterocycles. The van der Waals surface area contributed by atoms with Crippen molar-refractivity contribution in [3.8, 4) is 0 Å². The van der Waals surface area contributed by atoms with Crippen LogP contribution in [0.25, 0.3) is 0 Å². The number of hydrogen-bond donors (Lipinski definition) is 0. The average molecular weight is 188 g/mol. The first-order chi connectivity index (χ1) is 3.89. The minimum absolute atomic E-state index is 3.07. The molecule has 0 amide bonds. The molecule has 0 aromatic carbocycles. The van der Waals surface area contributed by atoms with Crippen LogP contribution >= 0.6 is 10.2 Å². The van der Waals surface area contributed by atoms with Crippen LogP contribution in [-0.2, 0) is 4.79 Å². The van der Waals surface area contributed by atoms with Gasteiger partial charge in [0, 0.05) is 0 Å². The summed E-state index contributed by atoms with van der Waals surface area (Å²) in [6, 6.07) is -3.07. The van der Waals surface area contributed by atoms with Crippen LogP contribution < -0.4 is 0 Å². The van der Waals surface area contributed by atoms with Crippen LogP contribution in [0.15, 0.2) is 0 Å². The zero-order chi connectivity index (χ0) is 8.69. The summed E-state index contributed by atoms with van der Waals surface area (Å²) in [4.78, 5) is 9.03. The van der Waals surface area contributed by atoms with Crippen molar-refractivity contribution in [3.05, 3.63) is 0 Å². The van der Waals surface area contributed by atoms with E-state index in [0.717, 1.165) is 0 Å². The molecule has 0 saturated carbocycles. The molecular formula is C2H2F6OS. The van der Waals surface area contributed by atoms with E-state index in [2.05, 4.69) is 0 Å². The van der Waals surface area contributed by atoms with Gasteiger partial charge in [-0.3, -0.25) is 4.79 Å². The molecule has 0 atom stereocenters. The molecule has 1 nitrogen and oxygen atoms in total.